The summed E-state index contributed by atoms with van der Waals surface area (Å²) in [6.07, 6.45) is 8.57. The van der Waals surface area contributed by atoms with Gasteiger partial charge in [-0.2, -0.15) is 0 Å². The van der Waals surface area contributed by atoms with E-state index in [4.69, 9.17) is 5.73 Å². The lowest BCUT2D eigenvalue weighted by Crippen LogP contribution is -2.39. The van der Waals surface area contributed by atoms with Crippen LogP contribution in [0.15, 0.2) is 12.4 Å². The van der Waals surface area contributed by atoms with Gasteiger partial charge >= 0.3 is 0 Å². The fraction of sp³-hybridized carbons (Fsp3) is 0.667. The van der Waals surface area contributed by atoms with E-state index in [2.05, 4.69) is 9.97 Å². The molecule has 1 aliphatic rings. The lowest BCUT2D eigenvalue weighted by molar-refractivity contribution is 0.142. The van der Waals surface area contributed by atoms with Gasteiger partial charge in [-0.05, 0) is 24.8 Å². The quantitative estimate of drug-likeness (QED) is 0.704. The average Bonchev–Trinajstić information content (AvgIpc) is 2.49. The van der Waals surface area contributed by atoms with Crippen LogP contribution in [0.1, 0.15) is 25.1 Å². The molecule has 66 valence electrons. The highest BCUT2D eigenvalue weighted by atomic mass is 14.9. The molecule has 0 aliphatic heterocycles. The lowest BCUT2D eigenvalue weighted by Gasteiger charge is -2.40. The molecule has 1 heterocycles. The number of aromatic amines is 1. The van der Waals surface area contributed by atoms with Crippen molar-refractivity contribution in [2.75, 3.05) is 6.54 Å². The molecule has 0 bridgehead atoms. The molecule has 1 saturated carbocycles. The fourth-order valence-corrected chi connectivity index (χ4v) is 1.88. The van der Waals surface area contributed by atoms with Crippen molar-refractivity contribution < 1.29 is 0 Å². The molecule has 0 amide bonds. The summed E-state index contributed by atoms with van der Waals surface area (Å²) in [5.41, 5.74) is 6.12. The number of imidazole rings is 1. The number of hydrogen-bond donors (Lipinski definition) is 2. The van der Waals surface area contributed by atoms with Crippen molar-refractivity contribution in [1.29, 1.82) is 0 Å². The van der Waals surface area contributed by atoms with Gasteiger partial charge in [0.25, 0.3) is 0 Å². The van der Waals surface area contributed by atoms with Crippen LogP contribution in [0.25, 0.3) is 0 Å². The van der Waals surface area contributed by atoms with Crippen LogP contribution in [0.2, 0.25) is 0 Å². The predicted molar refractivity (Wildman–Crippen MR) is 47.6 cm³/mol. The molecule has 1 fully saturated rings. The first-order valence-corrected chi connectivity index (χ1v) is 4.53. The Balaban J connectivity index is 2.01. The molecule has 12 heavy (non-hydrogen) atoms. The van der Waals surface area contributed by atoms with Gasteiger partial charge in [-0.1, -0.05) is 6.42 Å². The molecule has 0 unspecified atom stereocenters. The summed E-state index contributed by atoms with van der Waals surface area (Å²) >= 11 is 0. The smallest absolute Gasteiger partial charge is 0.106 e. The maximum atomic E-state index is 5.74. The zero-order chi connectivity index (χ0) is 8.44. The van der Waals surface area contributed by atoms with Crippen LogP contribution in [-0.4, -0.2) is 16.5 Å². The minimum atomic E-state index is 0.373. The Kier molecular flexibility index (Phi) is 1.89. The number of rotatable bonds is 3. The van der Waals surface area contributed by atoms with Crippen LogP contribution in [-0.2, 0) is 6.42 Å². The van der Waals surface area contributed by atoms with Gasteiger partial charge in [-0.25, -0.2) is 4.98 Å². The van der Waals surface area contributed by atoms with E-state index in [1.54, 1.807) is 6.20 Å². The molecule has 3 nitrogen and oxygen atoms in total. The van der Waals surface area contributed by atoms with Crippen molar-refractivity contribution in [2.45, 2.75) is 25.7 Å². The van der Waals surface area contributed by atoms with Gasteiger partial charge < -0.3 is 10.7 Å². The van der Waals surface area contributed by atoms with Crippen LogP contribution in [0.3, 0.4) is 0 Å². The van der Waals surface area contributed by atoms with Gasteiger partial charge in [-0.15, -0.1) is 0 Å². The molecule has 0 spiro atoms. The summed E-state index contributed by atoms with van der Waals surface area (Å²) in [6, 6.07) is 0. The SMILES string of the molecule is NCC1(Cc2ncc[nH]2)CCC1. The Bertz CT molecular complexity index is 231. The maximum Gasteiger partial charge on any atom is 0.106 e. The highest BCUT2D eigenvalue weighted by Gasteiger charge is 2.36. The van der Waals surface area contributed by atoms with Crippen molar-refractivity contribution >= 4 is 0 Å². The van der Waals surface area contributed by atoms with E-state index in [9.17, 15) is 0 Å². The minimum Gasteiger partial charge on any atom is -0.349 e. The van der Waals surface area contributed by atoms with Gasteiger partial charge in [0.1, 0.15) is 5.82 Å². The third-order valence-corrected chi connectivity index (χ3v) is 2.94. The largest absolute Gasteiger partial charge is 0.349 e. The summed E-state index contributed by atoms with van der Waals surface area (Å²) in [4.78, 5) is 7.35. The van der Waals surface area contributed by atoms with Crippen molar-refractivity contribution in [3.05, 3.63) is 18.2 Å². The second-order valence-electron chi connectivity index (χ2n) is 3.77. The third kappa shape index (κ3) is 1.25. The molecule has 1 aromatic heterocycles. The van der Waals surface area contributed by atoms with Gasteiger partial charge in [0, 0.05) is 18.8 Å². The predicted octanol–water partition coefficient (Wildman–Crippen LogP) is 1.08. The van der Waals surface area contributed by atoms with E-state index < -0.39 is 0 Å². The number of aromatic nitrogens is 2. The second-order valence-corrected chi connectivity index (χ2v) is 3.77. The van der Waals surface area contributed by atoms with Crippen molar-refractivity contribution in [2.24, 2.45) is 11.1 Å². The average molecular weight is 165 g/mol. The molecule has 3 heteroatoms. The van der Waals surface area contributed by atoms with E-state index in [-0.39, 0.29) is 0 Å². The monoisotopic (exact) mass is 165 g/mol. The molecule has 0 saturated heterocycles. The number of hydrogen-bond acceptors (Lipinski definition) is 2. The Morgan fingerprint density at radius 2 is 2.42 bits per heavy atom. The molecule has 0 radical (unpaired) electrons. The van der Waals surface area contributed by atoms with Gasteiger partial charge in [0.15, 0.2) is 0 Å². The molecule has 1 aromatic rings. The lowest BCUT2D eigenvalue weighted by atomic mass is 9.66. The van der Waals surface area contributed by atoms with Crippen LogP contribution in [0, 0.1) is 5.41 Å². The molecule has 2 rings (SSSR count). The zero-order valence-corrected chi connectivity index (χ0v) is 7.21. The van der Waals surface area contributed by atoms with Gasteiger partial charge in [0.2, 0.25) is 0 Å². The van der Waals surface area contributed by atoms with Crippen molar-refractivity contribution in [1.82, 2.24) is 9.97 Å². The Morgan fingerprint density at radius 3 is 2.83 bits per heavy atom. The molecule has 1 aliphatic carbocycles. The van der Waals surface area contributed by atoms with Crippen LogP contribution in [0.4, 0.5) is 0 Å². The molecule has 0 aromatic carbocycles. The van der Waals surface area contributed by atoms with Crippen LogP contribution in [0.5, 0.6) is 0 Å². The fourth-order valence-electron chi connectivity index (χ4n) is 1.88. The summed E-state index contributed by atoms with van der Waals surface area (Å²) in [5.74, 6) is 1.08. The molecule has 3 N–H and O–H groups in total. The standard InChI is InChI=1S/C9H15N3/c10-7-9(2-1-3-9)6-8-11-4-5-12-8/h4-5H,1-3,6-7,10H2,(H,11,12). The van der Waals surface area contributed by atoms with Gasteiger partial charge in [-0.3, -0.25) is 0 Å². The first-order valence-electron chi connectivity index (χ1n) is 4.53. The zero-order valence-electron chi connectivity index (χ0n) is 7.21. The van der Waals surface area contributed by atoms with Gasteiger partial charge in [0.05, 0.1) is 0 Å². The Labute approximate surface area is 72.4 Å². The topological polar surface area (TPSA) is 54.7 Å². The number of nitrogens with zero attached hydrogens (tertiary/aromatic N) is 1. The highest BCUT2D eigenvalue weighted by molar-refractivity contribution is 4.99. The number of nitrogens with one attached hydrogen (secondary N) is 1. The normalized spacial score (nSPS) is 20.4. The van der Waals surface area contributed by atoms with E-state index in [1.165, 1.54) is 19.3 Å². The first-order chi connectivity index (χ1) is 5.85. The van der Waals surface area contributed by atoms with Crippen molar-refractivity contribution in [3.63, 3.8) is 0 Å². The van der Waals surface area contributed by atoms with Crippen LogP contribution >= 0.6 is 0 Å². The molecule has 0 atom stereocenters. The molecular formula is C9H15N3. The summed E-state index contributed by atoms with van der Waals surface area (Å²) in [6.45, 7) is 0.799. The summed E-state index contributed by atoms with van der Waals surface area (Å²) < 4.78 is 0. The Hall–Kier alpha value is -0.830. The summed E-state index contributed by atoms with van der Waals surface area (Å²) in [7, 11) is 0. The van der Waals surface area contributed by atoms with E-state index in [0.717, 1.165) is 18.8 Å². The molecular weight excluding hydrogens is 150 g/mol. The number of nitrogens with two attached hydrogens (primary N) is 1. The van der Waals surface area contributed by atoms with E-state index in [1.807, 2.05) is 6.20 Å². The van der Waals surface area contributed by atoms with Crippen LogP contribution < -0.4 is 5.73 Å². The second kappa shape index (κ2) is 2.90. The number of H-pyrrole nitrogens is 1. The Morgan fingerprint density at radius 1 is 1.58 bits per heavy atom. The summed E-state index contributed by atoms with van der Waals surface area (Å²) in [5, 5.41) is 0. The third-order valence-electron chi connectivity index (χ3n) is 2.94. The van der Waals surface area contributed by atoms with E-state index >= 15 is 0 Å². The first kappa shape index (κ1) is 7.80. The van der Waals surface area contributed by atoms with E-state index in [0.29, 0.717) is 5.41 Å². The van der Waals surface area contributed by atoms with Crippen molar-refractivity contribution in [3.8, 4) is 0 Å². The highest BCUT2D eigenvalue weighted by Crippen LogP contribution is 2.41. The minimum absolute atomic E-state index is 0.373. The maximum absolute atomic E-state index is 5.74.